The van der Waals surface area contributed by atoms with Crippen LogP contribution in [0.4, 0.5) is 4.79 Å². The third-order valence-corrected chi connectivity index (χ3v) is 3.96. The summed E-state index contributed by atoms with van der Waals surface area (Å²) in [6.07, 6.45) is 3.39. The van der Waals surface area contributed by atoms with Gasteiger partial charge in [0, 0.05) is 14.1 Å². The van der Waals surface area contributed by atoms with Crippen LogP contribution in [0.1, 0.15) is 52.9 Å². The molecule has 0 aromatic heterocycles. The minimum Gasteiger partial charge on any atom is -0.462 e. The summed E-state index contributed by atoms with van der Waals surface area (Å²) >= 11 is 0. The molecule has 0 saturated heterocycles. The molecule has 116 valence electrons. The first-order chi connectivity index (χ1) is 9.26. The summed E-state index contributed by atoms with van der Waals surface area (Å²) in [5, 5.41) is 0. The first kappa shape index (κ1) is 16.8. The van der Waals surface area contributed by atoms with Gasteiger partial charge in [-0.1, -0.05) is 6.92 Å². The number of hydrogen-bond acceptors (Lipinski definition) is 4. The van der Waals surface area contributed by atoms with Crippen LogP contribution in [0.25, 0.3) is 0 Å². The average molecular weight is 285 g/mol. The molecule has 0 spiro atoms. The van der Waals surface area contributed by atoms with Gasteiger partial charge in [-0.05, 0) is 46.0 Å². The third kappa shape index (κ3) is 4.69. The van der Waals surface area contributed by atoms with Crippen LogP contribution in [0.2, 0.25) is 0 Å². The zero-order valence-electron chi connectivity index (χ0n) is 13.3. The molecular formula is C15H27NO4. The second kappa shape index (κ2) is 6.95. The van der Waals surface area contributed by atoms with E-state index >= 15 is 0 Å². The van der Waals surface area contributed by atoms with Crippen LogP contribution in [-0.2, 0) is 14.3 Å². The van der Waals surface area contributed by atoms with Crippen molar-refractivity contribution in [1.29, 1.82) is 0 Å². The van der Waals surface area contributed by atoms with Crippen molar-refractivity contribution in [1.82, 2.24) is 4.90 Å². The number of amides is 1. The lowest BCUT2D eigenvalue weighted by Gasteiger charge is -2.31. The van der Waals surface area contributed by atoms with Gasteiger partial charge in [-0.2, -0.15) is 0 Å². The number of rotatable bonds is 4. The molecule has 20 heavy (non-hydrogen) atoms. The lowest BCUT2D eigenvalue weighted by Crippen LogP contribution is -2.35. The number of ether oxygens (including phenoxy) is 2. The Kier molecular flexibility index (Phi) is 5.84. The molecule has 0 unspecified atom stereocenters. The summed E-state index contributed by atoms with van der Waals surface area (Å²) in [4.78, 5) is 24.9. The number of nitrogens with zero attached hydrogens (tertiary/aromatic N) is 1. The molecule has 0 heterocycles. The molecule has 0 N–H and O–H groups in total. The van der Waals surface area contributed by atoms with Gasteiger partial charge < -0.3 is 14.4 Å². The van der Waals surface area contributed by atoms with Gasteiger partial charge in [0.25, 0.3) is 0 Å². The third-order valence-electron chi connectivity index (χ3n) is 3.96. The Hall–Kier alpha value is -1.26. The summed E-state index contributed by atoms with van der Waals surface area (Å²) in [5.41, 5.74) is -0.422. The molecule has 1 saturated carbocycles. The van der Waals surface area contributed by atoms with Crippen LogP contribution in [0.5, 0.6) is 0 Å². The standard InChI is InChI=1S/C15H27NO4/c1-6-15(2,3)13(17)19-11-7-9-12(10-8-11)20-14(18)16(4)5/h11-12H,6-10H2,1-5H3. The lowest BCUT2D eigenvalue weighted by atomic mass is 9.90. The summed E-state index contributed by atoms with van der Waals surface area (Å²) < 4.78 is 10.9. The molecule has 0 aromatic rings. The predicted octanol–water partition coefficient (Wildman–Crippen LogP) is 2.98. The van der Waals surface area contributed by atoms with Crippen LogP contribution in [0.15, 0.2) is 0 Å². The van der Waals surface area contributed by atoms with E-state index in [4.69, 9.17) is 9.47 Å². The van der Waals surface area contributed by atoms with Crippen LogP contribution in [0, 0.1) is 5.41 Å². The minimum atomic E-state index is -0.422. The predicted molar refractivity (Wildman–Crippen MR) is 76.4 cm³/mol. The Morgan fingerprint density at radius 1 is 1.05 bits per heavy atom. The van der Waals surface area contributed by atoms with Crippen molar-refractivity contribution in [3.63, 3.8) is 0 Å². The summed E-state index contributed by atoms with van der Waals surface area (Å²) in [5.74, 6) is -0.131. The number of carbonyl (C=O) groups excluding carboxylic acids is 2. The van der Waals surface area contributed by atoms with Gasteiger partial charge in [0.05, 0.1) is 5.41 Å². The molecule has 1 amide bonds. The van der Waals surface area contributed by atoms with Gasteiger partial charge in [0.2, 0.25) is 0 Å². The summed E-state index contributed by atoms with van der Waals surface area (Å²) in [7, 11) is 3.34. The van der Waals surface area contributed by atoms with Crippen molar-refractivity contribution in [2.75, 3.05) is 14.1 Å². The molecule has 0 aromatic carbocycles. The number of carbonyl (C=O) groups is 2. The Balaban J connectivity index is 2.36. The smallest absolute Gasteiger partial charge is 0.409 e. The molecule has 1 rings (SSSR count). The lowest BCUT2D eigenvalue weighted by molar-refractivity contribution is -0.162. The van der Waals surface area contributed by atoms with Crippen molar-refractivity contribution in [2.24, 2.45) is 5.41 Å². The Morgan fingerprint density at radius 3 is 1.90 bits per heavy atom. The SMILES string of the molecule is CCC(C)(C)C(=O)OC1CCC(OC(=O)N(C)C)CC1. The maximum absolute atomic E-state index is 12.0. The van der Waals surface area contributed by atoms with Crippen molar-refractivity contribution < 1.29 is 19.1 Å². The van der Waals surface area contributed by atoms with Crippen LogP contribution in [0.3, 0.4) is 0 Å². The molecule has 1 fully saturated rings. The van der Waals surface area contributed by atoms with E-state index in [1.807, 2.05) is 20.8 Å². The maximum Gasteiger partial charge on any atom is 0.409 e. The minimum absolute atomic E-state index is 0.0392. The fourth-order valence-electron chi connectivity index (χ4n) is 1.97. The van der Waals surface area contributed by atoms with E-state index in [-0.39, 0.29) is 24.3 Å². The Bertz CT molecular complexity index is 344. The monoisotopic (exact) mass is 285 g/mol. The summed E-state index contributed by atoms with van der Waals surface area (Å²) in [6, 6.07) is 0. The highest BCUT2D eigenvalue weighted by molar-refractivity contribution is 5.76. The van der Waals surface area contributed by atoms with Crippen LogP contribution >= 0.6 is 0 Å². The van der Waals surface area contributed by atoms with E-state index < -0.39 is 5.41 Å². The topological polar surface area (TPSA) is 55.8 Å². The molecule has 5 heteroatoms. The second-order valence-corrected chi connectivity index (χ2v) is 6.32. The maximum atomic E-state index is 12.0. The molecule has 0 bridgehead atoms. The number of hydrogen-bond donors (Lipinski definition) is 0. The molecule has 1 aliphatic carbocycles. The zero-order valence-corrected chi connectivity index (χ0v) is 13.3. The van der Waals surface area contributed by atoms with E-state index in [1.165, 1.54) is 4.90 Å². The van der Waals surface area contributed by atoms with Crippen LogP contribution < -0.4 is 0 Å². The van der Waals surface area contributed by atoms with Crippen molar-refractivity contribution in [2.45, 2.75) is 65.1 Å². The van der Waals surface area contributed by atoms with E-state index in [0.29, 0.717) is 0 Å². The highest BCUT2D eigenvalue weighted by atomic mass is 16.6. The Morgan fingerprint density at radius 2 is 1.50 bits per heavy atom. The molecule has 5 nitrogen and oxygen atoms in total. The molecule has 1 aliphatic rings. The zero-order chi connectivity index (χ0) is 15.3. The van der Waals surface area contributed by atoms with Gasteiger partial charge in [-0.15, -0.1) is 0 Å². The molecule has 0 radical (unpaired) electrons. The number of esters is 1. The normalized spacial score (nSPS) is 23.1. The second-order valence-electron chi connectivity index (χ2n) is 6.32. The molecule has 0 atom stereocenters. The molecule has 0 aliphatic heterocycles. The van der Waals surface area contributed by atoms with Crippen LogP contribution in [-0.4, -0.2) is 43.3 Å². The van der Waals surface area contributed by atoms with Gasteiger partial charge in [-0.3, -0.25) is 4.79 Å². The highest BCUT2D eigenvalue weighted by Crippen LogP contribution is 2.28. The first-order valence-electron chi connectivity index (χ1n) is 7.35. The fraction of sp³-hybridized carbons (Fsp3) is 0.867. The van der Waals surface area contributed by atoms with E-state index in [2.05, 4.69) is 0 Å². The van der Waals surface area contributed by atoms with E-state index in [1.54, 1.807) is 14.1 Å². The van der Waals surface area contributed by atoms with Crippen molar-refractivity contribution in [3.05, 3.63) is 0 Å². The quantitative estimate of drug-likeness (QED) is 0.745. The van der Waals surface area contributed by atoms with Gasteiger partial charge in [-0.25, -0.2) is 4.79 Å². The van der Waals surface area contributed by atoms with Gasteiger partial charge in [0.15, 0.2) is 0 Å². The van der Waals surface area contributed by atoms with Crippen molar-refractivity contribution >= 4 is 12.1 Å². The molecular weight excluding hydrogens is 258 g/mol. The van der Waals surface area contributed by atoms with Gasteiger partial charge in [0.1, 0.15) is 12.2 Å². The average Bonchev–Trinajstić information content (AvgIpc) is 2.40. The summed E-state index contributed by atoms with van der Waals surface area (Å²) in [6.45, 7) is 5.79. The fourth-order valence-corrected chi connectivity index (χ4v) is 1.97. The van der Waals surface area contributed by atoms with Gasteiger partial charge >= 0.3 is 12.1 Å². The van der Waals surface area contributed by atoms with E-state index in [9.17, 15) is 9.59 Å². The Labute approximate surface area is 121 Å². The van der Waals surface area contributed by atoms with Crippen molar-refractivity contribution in [3.8, 4) is 0 Å². The highest BCUT2D eigenvalue weighted by Gasteiger charge is 2.32. The largest absolute Gasteiger partial charge is 0.462 e. The van der Waals surface area contributed by atoms with E-state index in [0.717, 1.165) is 32.1 Å². The first-order valence-corrected chi connectivity index (χ1v) is 7.35.